The van der Waals surface area contributed by atoms with Gasteiger partial charge in [0, 0.05) is 0 Å². The van der Waals surface area contributed by atoms with Gasteiger partial charge < -0.3 is 25.7 Å². The van der Waals surface area contributed by atoms with Crippen LogP contribution in [0.1, 0.15) is 181 Å². The fourth-order valence-corrected chi connectivity index (χ4v) is 5.68. The molecule has 0 saturated heterocycles. The molecule has 0 fully saturated rings. The molecule has 0 aliphatic carbocycles. The zero-order valence-electron chi connectivity index (χ0n) is 30.1. The molecule has 270 valence electrons. The highest BCUT2D eigenvalue weighted by Gasteiger charge is 2.28. The molecule has 6 heteroatoms. The second kappa shape index (κ2) is 34.9. The number of allylic oxidation sites excluding steroid dienone is 6. The summed E-state index contributed by atoms with van der Waals surface area (Å²) >= 11 is 0. The van der Waals surface area contributed by atoms with Crippen LogP contribution in [0, 0.1) is 0 Å². The summed E-state index contributed by atoms with van der Waals surface area (Å²) < 4.78 is 0. The summed E-state index contributed by atoms with van der Waals surface area (Å²) in [6.45, 7) is 3.95. The summed E-state index contributed by atoms with van der Waals surface area (Å²) in [5.41, 5.74) is 0. The molecule has 4 atom stereocenters. The van der Waals surface area contributed by atoms with Gasteiger partial charge in [-0.05, 0) is 57.8 Å². The molecule has 0 saturated carbocycles. The van der Waals surface area contributed by atoms with Gasteiger partial charge in [0.05, 0.1) is 18.8 Å². The van der Waals surface area contributed by atoms with Crippen molar-refractivity contribution in [2.45, 2.75) is 205 Å². The van der Waals surface area contributed by atoms with Gasteiger partial charge >= 0.3 is 0 Å². The number of hydrogen-bond donors (Lipinski definition) is 5. The highest BCUT2D eigenvalue weighted by Crippen LogP contribution is 2.15. The molecule has 6 nitrogen and oxygen atoms in total. The van der Waals surface area contributed by atoms with Gasteiger partial charge in [-0.25, -0.2) is 0 Å². The molecule has 0 aliphatic rings. The quantitative estimate of drug-likeness (QED) is 0.0352. The molecular formula is C40H75NO5. The Labute approximate surface area is 284 Å². The second-order valence-corrected chi connectivity index (χ2v) is 13.3. The smallest absolute Gasteiger partial charge is 0.249 e. The Balaban J connectivity index is 3.86. The van der Waals surface area contributed by atoms with E-state index in [0.29, 0.717) is 19.3 Å². The minimum absolute atomic E-state index is 0.361. The van der Waals surface area contributed by atoms with Gasteiger partial charge in [0.25, 0.3) is 0 Å². The lowest BCUT2D eigenvalue weighted by molar-refractivity contribution is -0.132. The van der Waals surface area contributed by atoms with Crippen molar-refractivity contribution in [1.82, 2.24) is 5.32 Å². The Morgan fingerprint density at radius 1 is 0.522 bits per heavy atom. The summed E-state index contributed by atoms with van der Waals surface area (Å²) in [6.07, 6.45) is 38.8. The third-order valence-corrected chi connectivity index (χ3v) is 8.79. The maximum absolute atomic E-state index is 12.4. The molecule has 0 spiro atoms. The fraction of sp³-hybridized carbons (Fsp3) is 0.825. The molecule has 0 rings (SSSR count). The van der Waals surface area contributed by atoms with Crippen LogP contribution >= 0.6 is 0 Å². The summed E-state index contributed by atoms with van der Waals surface area (Å²) in [4.78, 5) is 12.4. The van der Waals surface area contributed by atoms with Crippen molar-refractivity contribution in [3.63, 3.8) is 0 Å². The standard InChI is InChI=1S/C40H75NO5/c1-3-5-7-9-11-13-15-17-19-20-22-24-26-28-30-32-34-38(44)40(46)41-36(35-42)39(45)37(43)33-31-29-27-25-23-21-18-16-14-12-10-8-6-4-2/h8,10,16,18,25,27,36-39,42-45H,3-7,9,11-15,17,19-24,26,28-35H2,1-2H3,(H,41,46)/b10-8+,18-16+,27-25+. The monoisotopic (exact) mass is 650 g/mol. The van der Waals surface area contributed by atoms with Crippen molar-refractivity contribution in [2.75, 3.05) is 6.61 Å². The third kappa shape index (κ3) is 28.7. The van der Waals surface area contributed by atoms with Gasteiger partial charge in [0.15, 0.2) is 0 Å². The first-order valence-electron chi connectivity index (χ1n) is 19.4. The van der Waals surface area contributed by atoms with Crippen molar-refractivity contribution < 1.29 is 25.2 Å². The molecule has 0 aromatic heterocycles. The number of aliphatic hydroxyl groups excluding tert-OH is 4. The van der Waals surface area contributed by atoms with E-state index < -0.39 is 36.9 Å². The van der Waals surface area contributed by atoms with Gasteiger partial charge in [-0.15, -0.1) is 0 Å². The average Bonchev–Trinajstić information content (AvgIpc) is 3.06. The maximum Gasteiger partial charge on any atom is 0.249 e. The van der Waals surface area contributed by atoms with E-state index in [9.17, 15) is 25.2 Å². The molecule has 46 heavy (non-hydrogen) atoms. The molecule has 0 bridgehead atoms. The molecule has 1 amide bonds. The molecule has 0 aromatic carbocycles. The minimum atomic E-state index is -1.29. The number of carbonyl (C=O) groups excluding carboxylic acids is 1. The lowest BCUT2D eigenvalue weighted by atomic mass is 10.00. The van der Waals surface area contributed by atoms with Gasteiger partial charge in [0.2, 0.25) is 5.91 Å². The van der Waals surface area contributed by atoms with E-state index in [4.69, 9.17) is 0 Å². The first-order chi connectivity index (χ1) is 22.5. The van der Waals surface area contributed by atoms with Crippen molar-refractivity contribution in [3.8, 4) is 0 Å². The van der Waals surface area contributed by atoms with E-state index in [1.807, 2.05) is 0 Å². The highest BCUT2D eigenvalue weighted by molar-refractivity contribution is 5.80. The van der Waals surface area contributed by atoms with Crippen LogP contribution < -0.4 is 5.32 Å². The minimum Gasteiger partial charge on any atom is -0.394 e. The molecule has 0 aromatic rings. The van der Waals surface area contributed by atoms with Crippen LogP contribution in [-0.2, 0) is 4.79 Å². The topological polar surface area (TPSA) is 110 Å². The third-order valence-electron chi connectivity index (χ3n) is 8.79. The summed E-state index contributed by atoms with van der Waals surface area (Å²) in [7, 11) is 0. The van der Waals surface area contributed by atoms with Gasteiger partial charge in [-0.2, -0.15) is 0 Å². The van der Waals surface area contributed by atoms with Crippen LogP contribution in [0.3, 0.4) is 0 Å². The average molecular weight is 650 g/mol. The number of nitrogens with one attached hydrogen (secondary N) is 1. The zero-order chi connectivity index (χ0) is 33.9. The van der Waals surface area contributed by atoms with Crippen molar-refractivity contribution in [2.24, 2.45) is 0 Å². The van der Waals surface area contributed by atoms with Crippen molar-refractivity contribution in [3.05, 3.63) is 36.5 Å². The molecule has 0 aliphatic heterocycles. The van der Waals surface area contributed by atoms with Crippen LogP contribution in [0.15, 0.2) is 36.5 Å². The Bertz CT molecular complexity index is 737. The highest BCUT2D eigenvalue weighted by atomic mass is 16.3. The second-order valence-electron chi connectivity index (χ2n) is 13.3. The number of rotatable bonds is 34. The van der Waals surface area contributed by atoms with Crippen LogP contribution in [0.4, 0.5) is 0 Å². The molecule has 5 N–H and O–H groups in total. The Morgan fingerprint density at radius 3 is 1.37 bits per heavy atom. The van der Waals surface area contributed by atoms with E-state index in [1.54, 1.807) is 0 Å². The maximum atomic E-state index is 12.4. The predicted molar refractivity (Wildman–Crippen MR) is 196 cm³/mol. The fourth-order valence-electron chi connectivity index (χ4n) is 5.68. The Morgan fingerprint density at radius 2 is 0.935 bits per heavy atom. The van der Waals surface area contributed by atoms with Crippen LogP contribution in [-0.4, -0.2) is 57.3 Å². The summed E-state index contributed by atoms with van der Waals surface area (Å²) in [6, 6.07) is -1.01. The molecular weight excluding hydrogens is 574 g/mol. The molecule has 0 heterocycles. The Kier molecular flexibility index (Phi) is 33.7. The van der Waals surface area contributed by atoms with E-state index in [2.05, 4.69) is 55.6 Å². The van der Waals surface area contributed by atoms with Crippen molar-refractivity contribution >= 4 is 5.91 Å². The Hall–Kier alpha value is -1.47. The number of unbranched alkanes of at least 4 members (excludes halogenated alkanes) is 19. The van der Waals surface area contributed by atoms with Crippen molar-refractivity contribution in [1.29, 1.82) is 0 Å². The summed E-state index contributed by atoms with van der Waals surface area (Å²) in [5, 5.41) is 43.4. The number of amides is 1. The van der Waals surface area contributed by atoms with E-state index in [0.717, 1.165) is 57.8 Å². The predicted octanol–water partition coefficient (Wildman–Crippen LogP) is 9.40. The summed E-state index contributed by atoms with van der Waals surface area (Å²) in [5.74, 6) is -0.601. The van der Waals surface area contributed by atoms with Gasteiger partial charge in [0.1, 0.15) is 12.2 Å². The lowest BCUT2D eigenvalue weighted by Crippen LogP contribution is -2.53. The van der Waals surface area contributed by atoms with Gasteiger partial charge in [-0.3, -0.25) is 4.79 Å². The number of aliphatic hydroxyl groups is 4. The van der Waals surface area contributed by atoms with E-state index in [-0.39, 0.29) is 0 Å². The first-order valence-corrected chi connectivity index (χ1v) is 19.4. The van der Waals surface area contributed by atoms with Crippen LogP contribution in [0.5, 0.6) is 0 Å². The van der Waals surface area contributed by atoms with E-state index in [1.165, 1.54) is 89.9 Å². The molecule has 0 radical (unpaired) electrons. The zero-order valence-corrected chi connectivity index (χ0v) is 30.1. The normalized spacial score (nSPS) is 14.8. The van der Waals surface area contributed by atoms with Crippen LogP contribution in [0.2, 0.25) is 0 Å². The largest absolute Gasteiger partial charge is 0.394 e. The SMILES string of the molecule is CCC/C=C/CC/C=C/CC/C=C/CCCC(O)C(O)C(CO)NC(=O)C(O)CCCCCCCCCCCCCCCCCC. The van der Waals surface area contributed by atoms with Gasteiger partial charge in [-0.1, -0.05) is 159 Å². The number of hydrogen-bond acceptors (Lipinski definition) is 5. The lowest BCUT2D eigenvalue weighted by Gasteiger charge is -2.27. The van der Waals surface area contributed by atoms with E-state index >= 15 is 0 Å². The first kappa shape index (κ1) is 44.5. The molecule has 4 unspecified atom stereocenters. The van der Waals surface area contributed by atoms with Crippen LogP contribution in [0.25, 0.3) is 0 Å². The number of carbonyl (C=O) groups is 1.